The molecule has 0 saturated heterocycles. The molecule has 2 nitrogen and oxygen atoms in total. The fourth-order valence-corrected chi connectivity index (χ4v) is 1.75. The van der Waals surface area contributed by atoms with Gasteiger partial charge < -0.3 is 0 Å². The highest BCUT2D eigenvalue weighted by molar-refractivity contribution is 5.32. The largest absolute Gasteiger partial charge is 0.271 e. The number of benzene rings is 2. The molecular formula is C13H12F2N2. The Bertz CT molecular complexity index is 500. The molecule has 17 heavy (non-hydrogen) atoms. The van der Waals surface area contributed by atoms with Crippen LogP contribution in [0.3, 0.4) is 0 Å². The van der Waals surface area contributed by atoms with E-state index in [1.54, 1.807) is 0 Å². The summed E-state index contributed by atoms with van der Waals surface area (Å²) >= 11 is 0. The molecule has 88 valence electrons. The van der Waals surface area contributed by atoms with Crippen LogP contribution in [0.1, 0.15) is 17.2 Å². The fraction of sp³-hybridized carbons (Fsp3) is 0.0769. The molecule has 2 rings (SSSR count). The zero-order valence-electron chi connectivity index (χ0n) is 9.03. The molecule has 0 amide bonds. The van der Waals surface area contributed by atoms with Crippen molar-refractivity contribution in [3.63, 3.8) is 0 Å². The van der Waals surface area contributed by atoms with Gasteiger partial charge in [-0.05, 0) is 11.6 Å². The van der Waals surface area contributed by atoms with Crippen LogP contribution < -0.4 is 11.3 Å². The minimum absolute atomic E-state index is 0.320. The van der Waals surface area contributed by atoms with Gasteiger partial charge in [0.15, 0.2) is 0 Å². The van der Waals surface area contributed by atoms with Crippen molar-refractivity contribution in [3.05, 3.63) is 71.3 Å². The van der Waals surface area contributed by atoms with Crippen LogP contribution >= 0.6 is 0 Å². The number of nitrogens with two attached hydrogens (primary N) is 1. The molecule has 0 heterocycles. The lowest BCUT2D eigenvalue weighted by molar-refractivity contribution is 0.541. The van der Waals surface area contributed by atoms with E-state index < -0.39 is 17.7 Å². The van der Waals surface area contributed by atoms with Gasteiger partial charge >= 0.3 is 0 Å². The number of hydrogen-bond acceptors (Lipinski definition) is 2. The maximum Gasteiger partial charge on any atom is 0.131 e. The number of rotatable bonds is 3. The predicted molar refractivity (Wildman–Crippen MR) is 62.0 cm³/mol. The Morgan fingerprint density at radius 3 is 2.29 bits per heavy atom. The van der Waals surface area contributed by atoms with Crippen molar-refractivity contribution >= 4 is 0 Å². The molecule has 0 spiro atoms. The van der Waals surface area contributed by atoms with Gasteiger partial charge in [0.2, 0.25) is 0 Å². The van der Waals surface area contributed by atoms with Gasteiger partial charge in [-0.15, -0.1) is 0 Å². The second kappa shape index (κ2) is 5.03. The first kappa shape index (κ1) is 11.7. The number of hydrogen-bond donors (Lipinski definition) is 2. The van der Waals surface area contributed by atoms with Gasteiger partial charge in [-0.1, -0.05) is 36.4 Å². The third-order valence-corrected chi connectivity index (χ3v) is 2.57. The summed E-state index contributed by atoms with van der Waals surface area (Å²) in [7, 11) is 0. The third-order valence-electron chi connectivity index (χ3n) is 2.57. The van der Waals surface area contributed by atoms with Gasteiger partial charge in [-0.3, -0.25) is 5.84 Å². The van der Waals surface area contributed by atoms with Gasteiger partial charge in [0.25, 0.3) is 0 Å². The lowest BCUT2D eigenvalue weighted by Gasteiger charge is -2.17. The van der Waals surface area contributed by atoms with Gasteiger partial charge in [0.05, 0.1) is 6.04 Å². The van der Waals surface area contributed by atoms with E-state index in [9.17, 15) is 8.78 Å². The van der Waals surface area contributed by atoms with Gasteiger partial charge in [-0.25, -0.2) is 14.2 Å². The Kier molecular flexibility index (Phi) is 3.46. The summed E-state index contributed by atoms with van der Waals surface area (Å²) in [5.41, 5.74) is 3.67. The van der Waals surface area contributed by atoms with Crippen LogP contribution in [0.5, 0.6) is 0 Å². The van der Waals surface area contributed by atoms with Crippen LogP contribution in [0.15, 0.2) is 48.5 Å². The topological polar surface area (TPSA) is 38.0 Å². The van der Waals surface area contributed by atoms with Crippen molar-refractivity contribution in [1.29, 1.82) is 0 Å². The van der Waals surface area contributed by atoms with E-state index in [-0.39, 0.29) is 0 Å². The third kappa shape index (κ3) is 2.49. The Balaban J connectivity index is 2.42. The molecule has 0 saturated carbocycles. The quantitative estimate of drug-likeness (QED) is 0.632. The fourth-order valence-electron chi connectivity index (χ4n) is 1.75. The van der Waals surface area contributed by atoms with Crippen LogP contribution in [-0.2, 0) is 0 Å². The first-order valence-corrected chi connectivity index (χ1v) is 5.18. The zero-order valence-corrected chi connectivity index (χ0v) is 9.03. The minimum atomic E-state index is -0.614. The van der Waals surface area contributed by atoms with E-state index in [4.69, 9.17) is 5.84 Å². The molecule has 1 unspecified atom stereocenters. The van der Waals surface area contributed by atoms with Gasteiger partial charge in [0, 0.05) is 11.6 Å². The standard InChI is InChI=1S/C13H12F2N2/c14-10-6-7-11(12(15)8-10)13(17-16)9-4-2-1-3-5-9/h1-8,13,17H,16H2. The maximum atomic E-state index is 13.6. The lowest BCUT2D eigenvalue weighted by Crippen LogP contribution is -2.29. The molecule has 0 aliphatic carbocycles. The summed E-state index contributed by atoms with van der Waals surface area (Å²) in [6, 6.07) is 12.1. The first-order chi connectivity index (χ1) is 8.22. The van der Waals surface area contributed by atoms with E-state index >= 15 is 0 Å². The molecule has 0 aliphatic rings. The monoisotopic (exact) mass is 234 g/mol. The van der Waals surface area contributed by atoms with Gasteiger partial charge in [0.1, 0.15) is 11.6 Å². The van der Waals surface area contributed by atoms with Crippen molar-refractivity contribution < 1.29 is 8.78 Å². The Morgan fingerprint density at radius 2 is 1.71 bits per heavy atom. The molecule has 3 N–H and O–H groups in total. The van der Waals surface area contributed by atoms with Gasteiger partial charge in [-0.2, -0.15) is 0 Å². The average molecular weight is 234 g/mol. The Labute approximate surface area is 98.0 Å². The Morgan fingerprint density at radius 1 is 1.00 bits per heavy atom. The summed E-state index contributed by atoms with van der Waals surface area (Å²) in [5, 5.41) is 0. The van der Waals surface area contributed by atoms with E-state index in [0.29, 0.717) is 5.56 Å². The molecule has 4 heteroatoms. The molecule has 0 aromatic heterocycles. The van der Waals surface area contributed by atoms with Crippen molar-refractivity contribution in [3.8, 4) is 0 Å². The molecule has 1 atom stereocenters. The van der Waals surface area contributed by atoms with E-state index in [2.05, 4.69) is 5.43 Å². The van der Waals surface area contributed by atoms with E-state index in [1.165, 1.54) is 12.1 Å². The van der Waals surface area contributed by atoms with Crippen molar-refractivity contribution in [2.24, 2.45) is 5.84 Å². The molecule has 2 aromatic carbocycles. The van der Waals surface area contributed by atoms with Crippen LogP contribution in [0.2, 0.25) is 0 Å². The number of hydrazine groups is 1. The van der Waals surface area contributed by atoms with Crippen molar-refractivity contribution in [2.75, 3.05) is 0 Å². The van der Waals surface area contributed by atoms with E-state index in [1.807, 2.05) is 30.3 Å². The molecule has 2 aromatic rings. The number of nitrogens with one attached hydrogen (secondary N) is 1. The lowest BCUT2D eigenvalue weighted by atomic mass is 9.99. The zero-order chi connectivity index (χ0) is 12.3. The second-order valence-corrected chi connectivity index (χ2v) is 3.68. The summed E-state index contributed by atoms with van der Waals surface area (Å²) in [6.45, 7) is 0. The first-order valence-electron chi connectivity index (χ1n) is 5.18. The normalized spacial score (nSPS) is 12.4. The molecule has 0 fully saturated rings. The van der Waals surface area contributed by atoms with E-state index in [0.717, 1.165) is 11.6 Å². The highest BCUT2D eigenvalue weighted by Gasteiger charge is 2.16. The highest BCUT2D eigenvalue weighted by Crippen LogP contribution is 2.23. The molecule has 0 radical (unpaired) electrons. The van der Waals surface area contributed by atoms with Crippen LogP contribution in [0.25, 0.3) is 0 Å². The Hall–Kier alpha value is -1.78. The molecule has 0 aliphatic heterocycles. The van der Waals surface area contributed by atoms with Crippen molar-refractivity contribution in [2.45, 2.75) is 6.04 Å². The highest BCUT2D eigenvalue weighted by atomic mass is 19.1. The summed E-state index contributed by atoms with van der Waals surface area (Å²) in [4.78, 5) is 0. The van der Waals surface area contributed by atoms with Crippen LogP contribution in [0.4, 0.5) is 8.78 Å². The second-order valence-electron chi connectivity index (χ2n) is 3.68. The van der Waals surface area contributed by atoms with Crippen molar-refractivity contribution in [1.82, 2.24) is 5.43 Å². The summed E-state index contributed by atoms with van der Waals surface area (Å²) in [6.07, 6.45) is 0. The summed E-state index contributed by atoms with van der Waals surface area (Å²) < 4.78 is 26.5. The molecule has 0 bridgehead atoms. The molecular weight excluding hydrogens is 222 g/mol. The smallest absolute Gasteiger partial charge is 0.131 e. The number of halogens is 2. The minimum Gasteiger partial charge on any atom is -0.271 e. The average Bonchev–Trinajstić information content (AvgIpc) is 2.34. The summed E-state index contributed by atoms with van der Waals surface area (Å²) in [5.74, 6) is 4.22. The maximum absolute atomic E-state index is 13.6. The predicted octanol–water partition coefficient (Wildman–Crippen LogP) is 2.52. The van der Waals surface area contributed by atoms with Crippen LogP contribution in [0, 0.1) is 11.6 Å². The van der Waals surface area contributed by atoms with Crippen LogP contribution in [-0.4, -0.2) is 0 Å². The SMILES string of the molecule is NNC(c1ccccc1)c1ccc(F)cc1F.